The van der Waals surface area contributed by atoms with E-state index in [1.54, 1.807) is 56.1 Å². The number of carbonyl (C=O) groups is 4. The fourth-order valence-electron chi connectivity index (χ4n) is 9.29. The number of carboxylic acids is 1. The molecule has 0 unspecified atom stereocenters. The third kappa shape index (κ3) is 13.2. The van der Waals surface area contributed by atoms with Gasteiger partial charge in [-0.1, -0.05) is 88.4 Å². The van der Waals surface area contributed by atoms with Crippen LogP contribution in [0.1, 0.15) is 89.6 Å². The van der Waals surface area contributed by atoms with Crippen molar-refractivity contribution in [2.75, 3.05) is 44.2 Å². The number of anilines is 1. The molecule has 2 fully saturated rings. The highest BCUT2D eigenvalue weighted by Crippen LogP contribution is 2.44. The van der Waals surface area contributed by atoms with Gasteiger partial charge in [-0.05, 0) is 97.4 Å². The van der Waals surface area contributed by atoms with Crippen LogP contribution >= 0.6 is 0 Å². The van der Waals surface area contributed by atoms with Gasteiger partial charge >= 0.3 is 24.3 Å². The number of aliphatic carboxylic acids is 1. The summed E-state index contributed by atoms with van der Waals surface area (Å²) < 4.78 is 57.2. The minimum absolute atomic E-state index is 0.000832. The first kappa shape index (κ1) is 53.1. The Morgan fingerprint density at radius 3 is 2.22 bits per heavy atom. The molecule has 2 atom stereocenters. The molecule has 0 saturated carbocycles. The maximum absolute atomic E-state index is 14.9. The molecule has 0 spiro atoms. The second kappa shape index (κ2) is 22.0. The Hall–Kier alpha value is -6.66. The summed E-state index contributed by atoms with van der Waals surface area (Å²) in [5, 5.41) is 24.8. The Morgan fingerprint density at radius 2 is 1.57 bits per heavy atom. The van der Waals surface area contributed by atoms with E-state index in [2.05, 4.69) is 15.6 Å². The molecule has 386 valence electrons. The zero-order valence-electron chi connectivity index (χ0n) is 42.0. The van der Waals surface area contributed by atoms with Crippen LogP contribution in [0.25, 0.3) is 33.3 Å². The maximum atomic E-state index is 14.9. The summed E-state index contributed by atoms with van der Waals surface area (Å²) in [7, 11) is 0. The van der Waals surface area contributed by atoms with Gasteiger partial charge < -0.3 is 39.4 Å². The first-order chi connectivity index (χ1) is 34.0. The second-order valence-electron chi connectivity index (χ2n) is 20.8. The summed E-state index contributed by atoms with van der Waals surface area (Å²) in [6, 6.07) is 21.8. The van der Waals surface area contributed by atoms with Gasteiger partial charge in [-0.25, -0.2) is 15.0 Å². The van der Waals surface area contributed by atoms with Crippen LogP contribution in [0.4, 0.5) is 28.4 Å². The SMILES string of the molecule is CC(C)c1ncc(N2CCN(C(=O)OCc3ccccc3)CC2)cc1-c1c(CC(C)(C)CO)c2cc(-c3cccc(C[C@H](NC(=O)OC(C)(C)C)C(=O)N4CCC[C@@H](C(=O)O)N4)c3)ccc2n1CC(F)(F)F. The Kier molecular flexibility index (Phi) is 16.2. The van der Waals surface area contributed by atoms with E-state index in [0.29, 0.717) is 94.8 Å². The summed E-state index contributed by atoms with van der Waals surface area (Å²) in [5.41, 5.74) is 7.15. The van der Waals surface area contributed by atoms with E-state index in [1.807, 2.05) is 82.3 Å². The molecule has 4 heterocycles. The summed E-state index contributed by atoms with van der Waals surface area (Å²) in [4.78, 5) is 60.7. The molecular weight excluding hydrogens is 932 g/mol. The number of alkyl halides is 3. The van der Waals surface area contributed by atoms with E-state index < -0.39 is 59.9 Å². The van der Waals surface area contributed by atoms with Crippen molar-refractivity contribution in [3.05, 3.63) is 107 Å². The molecule has 4 N–H and O–H groups in total. The third-order valence-corrected chi connectivity index (χ3v) is 12.8. The number of halogens is 3. The number of aromatic nitrogens is 2. The molecule has 3 aromatic carbocycles. The number of amides is 3. The predicted octanol–water partition coefficient (Wildman–Crippen LogP) is 9.09. The summed E-state index contributed by atoms with van der Waals surface area (Å²) >= 11 is 0. The van der Waals surface area contributed by atoms with Crippen LogP contribution in [0.15, 0.2) is 85.1 Å². The normalized spacial score (nSPS) is 16.2. The lowest BCUT2D eigenvalue weighted by molar-refractivity contribution is -0.147. The largest absolute Gasteiger partial charge is 0.480 e. The van der Waals surface area contributed by atoms with E-state index in [-0.39, 0.29) is 38.5 Å². The molecule has 0 bridgehead atoms. The van der Waals surface area contributed by atoms with E-state index >= 15 is 0 Å². The van der Waals surface area contributed by atoms with Gasteiger partial charge in [0.2, 0.25) is 0 Å². The number of pyridine rings is 1. The fraction of sp³-hybridized carbons (Fsp3) is 0.463. The summed E-state index contributed by atoms with van der Waals surface area (Å²) in [5.74, 6) is -1.84. The number of hydrogen-bond donors (Lipinski definition) is 4. The average Bonchev–Trinajstić information content (AvgIpc) is 3.61. The molecule has 7 rings (SSSR count). The minimum atomic E-state index is -4.62. The van der Waals surface area contributed by atoms with Gasteiger partial charge in [-0.2, -0.15) is 13.2 Å². The molecule has 0 radical (unpaired) electrons. The molecule has 2 aliphatic rings. The van der Waals surface area contributed by atoms with Crippen LogP contribution in [0.2, 0.25) is 0 Å². The summed E-state index contributed by atoms with van der Waals surface area (Å²) in [6.07, 6.45) is -3.17. The van der Waals surface area contributed by atoms with Crippen molar-refractivity contribution in [1.82, 2.24) is 30.2 Å². The smallest absolute Gasteiger partial charge is 0.410 e. The lowest BCUT2D eigenvalue weighted by Crippen LogP contribution is -2.60. The number of hydrazine groups is 1. The van der Waals surface area contributed by atoms with Crippen LogP contribution in [0.3, 0.4) is 0 Å². The number of alkyl carbamates (subject to hydrolysis) is 1. The molecule has 0 aliphatic carbocycles. The van der Waals surface area contributed by atoms with Crippen molar-refractivity contribution in [1.29, 1.82) is 0 Å². The van der Waals surface area contributed by atoms with E-state index in [1.165, 1.54) is 9.58 Å². The Bertz CT molecular complexity index is 2750. The Balaban J connectivity index is 1.26. The molecule has 2 aliphatic heterocycles. The highest BCUT2D eigenvalue weighted by atomic mass is 19.4. The number of aliphatic hydroxyl groups is 1. The first-order valence-electron chi connectivity index (χ1n) is 24.4. The standard InChI is InChI=1S/C54H66F3N7O8/c1-34(2)46-41(28-39(30-58-46)61-21-23-62(24-22-61)51(70)71-31-35-13-9-8-10-14-35)47-42(29-53(6,7)33-65)40-27-38(18-19-45(40)63(47)32-54(55,56)57)37-16-11-15-36(25-37)26-44(59-50(69)72-52(3,4)5)48(66)64-20-12-17-43(60-64)49(67)68/h8-11,13-16,18-19,25,27-28,30,34,43-44,60,65H,12,17,20-24,26,29,31-33H2,1-7H3,(H,59,69)(H,67,68)/t43-,44-/m0/s1. The van der Waals surface area contributed by atoms with Crippen molar-refractivity contribution >= 4 is 40.7 Å². The van der Waals surface area contributed by atoms with Crippen molar-refractivity contribution in [3.8, 4) is 22.4 Å². The number of nitrogens with zero attached hydrogens (tertiary/aromatic N) is 5. The lowest BCUT2D eigenvalue weighted by Gasteiger charge is -2.35. The topological polar surface area (TPSA) is 179 Å². The first-order valence-corrected chi connectivity index (χ1v) is 24.4. The Morgan fingerprint density at radius 1 is 0.875 bits per heavy atom. The van der Waals surface area contributed by atoms with Gasteiger partial charge in [0.15, 0.2) is 0 Å². The van der Waals surface area contributed by atoms with Crippen molar-refractivity contribution in [2.24, 2.45) is 5.41 Å². The molecular formula is C54H66F3N7O8. The van der Waals surface area contributed by atoms with Gasteiger partial charge in [-0.15, -0.1) is 0 Å². The minimum Gasteiger partial charge on any atom is -0.480 e. The van der Waals surface area contributed by atoms with Gasteiger partial charge in [0.1, 0.15) is 30.8 Å². The Labute approximate surface area is 418 Å². The number of piperazine rings is 1. The van der Waals surface area contributed by atoms with Gasteiger partial charge in [-0.3, -0.25) is 19.6 Å². The molecule has 72 heavy (non-hydrogen) atoms. The number of nitrogens with one attached hydrogen (secondary N) is 2. The number of ether oxygens (including phenoxy) is 2. The number of hydrogen-bond acceptors (Lipinski definition) is 10. The van der Waals surface area contributed by atoms with Gasteiger partial charge in [0.05, 0.1) is 23.3 Å². The maximum Gasteiger partial charge on any atom is 0.410 e. The summed E-state index contributed by atoms with van der Waals surface area (Å²) in [6.45, 7) is 13.1. The number of benzene rings is 3. The highest BCUT2D eigenvalue weighted by molar-refractivity contribution is 5.96. The van der Waals surface area contributed by atoms with E-state index in [0.717, 1.165) is 5.56 Å². The van der Waals surface area contributed by atoms with Crippen molar-refractivity contribution < 1.29 is 52.0 Å². The molecule has 2 aromatic heterocycles. The number of carboxylic acid groups (broad SMARTS) is 1. The highest BCUT2D eigenvalue weighted by Gasteiger charge is 2.36. The molecule has 5 aromatic rings. The van der Waals surface area contributed by atoms with Crippen LogP contribution in [-0.2, 0) is 45.1 Å². The zero-order chi connectivity index (χ0) is 52.1. The monoisotopic (exact) mass is 997 g/mol. The second-order valence-corrected chi connectivity index (χ2v) is 20.8. The number of fused-ring (bicyclic) bond motifs is 1. The lowest BCUT2D eigenvalue weighted by atomic mass is 9.84. The number of carbonyl (C=O) groups excluding carboxylic acids is 3. The molecule has 18 heteroatoms. The van der Waals surface area contributed by atoms with Crippen LogP contribution < -0.4 is 15.6 Å². The number of rotatable bonds is 15. The van der Waals surface area contributed by atoms with Crippen molar-refractivity contribution in [3.63, 3.8) is 0 Å². The molecule has 15 nitrogen and oxygen atoms in total. The third-order valence-electron chi connectivity index (χ3n) is 12.8. The zero-order valence-corrected chi connectivity index (χ0v) is 42.0. The van der Waals surface area contributed by atoms with Crippen LogP contribution in [0.5, 0.6) is 0 Å². The average molecular weight is 998 g/mol. The van der Waals surface area contributed by atoms with E-state index in [9.17, 15) is 42.6 Å². The van der Waals surface area contributed by atoms with Gasteiger partial charge in [0, 0.05) is 62.2 Å². The van der Waals surface area contributed by atoms with Crippen LogP contribution in [0, 0.1) is 5.41 Å². The molecule has 2 saturated heterocycles. The number of aliphatic hydroxyl groups excluding tert-OH is 1. The predicted molar refractivity (Wildman–Crippen MR) is 268 cm³/mol. The van der Waals surface area contributed by atoms with E-state index in [4.69, 9.17) is 14.5 Å². The fourth-order valence-corrected chi connectivity index (χ4v) is 9.29. The van der Waals surface area contributed by atoms with Gasteiger partial charge in [0.25, 0.3) is 5.91 Å². The quantitative estimate of drug-likeness (QED) is 0.0787. The molecule has 3 amide bonds. The van der Waals surface area contributed by atoms with Crippen LogP contribution in [-0.4, -0.2) is 117 Å². The van der Waals surface area contributed by atoms with Crippen molar-refractivity contribution in [2.45, 2.75) is 117 Å².